The lowest BCUT2D eigenvalue weighted by atomic mass is 10.2. The maximum Gasteiger partial charge on any atom is 0.337 e. The van der Waals surface area contributed by atoms with Gasteiger partial charge >= 0.3 is 5.97 Å². The van der Waals surface area contributed by atoms with Crippen LogP contribution in [-0.2, 0) is 4.74 Å². The van der Waals surface area contributed by atoms with E-state index < -0.39 is 0 Å². The molecule has 0 heterocycles. The highest BCUT2D eigenvalue weighted by molar-refractivity contribution is 8.68. The van der Waals surface area contributed by atoms with Crippen LogP contribution in [0.15, 0.2) is 29.2 Å². The van der Waals surface area contributed by atoms with Crippen LogP contribution in [0, 0.1) is 0 Å². The molecule has 0 aliphatic carbocycles. The first-order chi connectivity index (χ1) is 5.77. The van der Waals surface area contributed by atoms with E-state index in [9.17, 15) is 4.79 Å². The summed E-state index contributed by atoms with van der Waals surface area (Å²) in [5, 5.41) is 0. The van der Waals surface area contributed by atoms with Gasteiger partial charge in [0.05, 0.1) is 12.7 Å². The summed E-state index contributed by atoms with van der Waals surface area (Å²) in [6.07, 6.45) is 0. The van der Waals surface area contributed by atoms with Crippen LogP contribution in [0.2, 0.25) is 0 Å². The van der Waals surface area contributed by atoms with Crippen molar-refractivity contribution in [2.45, 2.75) is 4.90 Å². The Balaban J connectivity index is 2.84. The van der Waals surface area contributed by atoms with Crippen LogP contribution in [0.25, 0.3) is 0 Å². The zero-order valence-electron chi connectivity index (χ0n) is 6.48. The smallest absolute Gasteiger partial charge is 0.337 e. The van der Waals surface area contributed by atoms with Gasteiger partial charge in [0.1, 0.15) is 0 Å². The Morgan fingerprint density at radius 2 is 2.00 bits per heavy atom. The van der Waals surface area contributed by atoms with Crippen molar-refractivity contribution in [3.05, 3.63) is 29.8 Å². The predicted molar refractivity (Wildman–Crippen MR) is 52.6 cm³/mol. The number of rotatable bonds is 2. The van der Waals surface area contributed by atoms with E-state index in [-0.39, 0.29) is 5.97 Å². The molecule has 0 saturated heterocycles. The Morgan fingerprint density at radius 3 is 2.42 bits per heavy atom. The molecule has 0 saturated carbocycles. The van der Waals surface area contributed by atoms with Crippen LogP contribution in [0.5, 0.6) is 0 Å². The second-order valence-electron chi connectivity index (χ2n) is 2.11. The zero-order valence-corrected chi connectivity index (χ0v) is 8.19. The molecule has 12 heavy (non-hydrogen) atoms. The molecule has 0 spiro atoms. The van der Waals surface area contributed by atoms with Crippen LogP contribution in [0.4, 0.5) is 0 Å². The highest BCUT2D eigenvalue weighted by atomic mass is 33.1. The van der Waals surface area contributed by atoms with E-state index in [4.69, 9.17) is 0 Å². The summed E-state index contributed by atoms with van der Waals surface area (Å²) >= 11 is 4.02. The number of benzene rings is 1. The standard InChI is InChI=1S/C8H8O2S2/c1-10-8(9)6-2-4-7(12-11)5-3-6/h2-5,11H,1H3. The van der Waals surface area contributed by atoms with Gasteiger partial charge in [-0.2, -0.15) is 0 Å². The van der Waals surface area contributed by atoms with Crippen molar-refractivity contribution in [3.63, 3.8) is 0 Å². The first-order valence-corrected chi connectivity index (χ1v) is 5.14. The lowest BCUT2D eigenvalue weighted by molar-refractivity contribution is 0.0600. The third-order valence-electron chi connectivity index (χ3n) is 1.38. The molecular weight excluding hydrogens is 192 g/mol. The third kappa shape index (κ3) is 2.19. The lowest BCUT2D eigenvalue weighted by Crippen LogP contribution is -1.99. The summed E-state index contributed by atoms with van der Waals surface area (Å²) in [6.45, 7) is 0. The number of hydrogen-bond acceptors (Lipinski definition) is 4. The van der Waals surface area contributed by atoms with Gasteiger partial charge in [0, 0.05) is 4.90 Å². The van der Waals surface area contributed by atoms with Gasteiger partial charge in [-0.15, -0.1) is 11.7 Å². The highest BCUT2D eigenvalue weighted by Gasteiger charge is 2.03. The topological polar surface area (TPSA) is 26.3 Å². The number of methoxy groups -OCH3 is 1. The van der Waals surface area contributed by atoms with Gasteiger partial charge in [0.15, 0.2) is 0 Å². The number of ether oxygens (including phenoxy) is 1. The molecule has 0 unspecified atom stereocenters. The number of esters is 1. The van der Waals surface area contributed by atoms with E-state index in [0.717, 1.165) is 4.90 Å². The van der Waals surface area contributed by atoms with Crippen molar-refractivity contribution in [2.24, 2.45) is 0 Å². The number of thiol groups is 1. The minimum Gasteiger partial charge on any atom is -0.465 e. The first-order valence-electron chi connectivity index (χ1n) is 3.27. The number of carbonyl (C=O) groups is 1. The SMILES string of the molecule is COC(=O)c1ccc(SS)cc1. The largest absolute Gasteiger partial charge is 0.465 e. The Morgan fingerprint density at radius 1 is 1.42 bits per heavy atom. The van der Waals surface area contributed by atoms with E-state index in [1.54, 1.807) is 12.1 Å². The monoisotopic (exact) mass is 200 g/mol. The summed E-state index contributed by atoms with van der Waals surface area (Å²) in [5.74, 6) is -0.314. The van der Waals surface area contributed by atoms with Gasteiger partial charge in [-0.25, -0.2) is 4.79 Å². The fourth-order valence-corrected chi connectivity index (χ4v) is 1.39. The maximum absolute atomic E-state index is 11.0. The number of carbonyl (C=O) groups excluding carboxylic acids is 1. The van der Waals surface area contributed by atoms with E-state index in [2.05, 4.69) is 16.4 Å². The van der Waals surface area contributed by atoms with Gasteiger partial charge in [-0.05, 0) is 24.3 Å². The molecule has 0 bridgehead atoms. The van der Waals surface area contributed by atoms with Crippen LogP contribution >= 0.6 is 22.5 Å². The van der Waals surface area contributed by atoms with Crippen molar-refractivity contribution < 1.29 is 9.53 Å². The Labute approximate surface area is 80.1 Å². The van der Waals surface area contributed by atoms with Gasteiger partial charge in [-0.3, -0.25) is 0 Å². The summed E-state index contributed by atoms with van der Waals surface area (Å²) in [7, 11) is 2.70. The minimum absolute atomic E-state index is 0.314. The highest BCUT2D eigenvalue weighted by Crippen LogP contribution is 2.21. The fourth-order valence-electron chi connectivity index (χ4n) is 0.770. The average Bonchev–Trinajstić information content (AvgIpc) is 2.17. The molecule has 2 nitrogen and oxygen atoms in total. The Hall–Kier alpha value is -0.610. The normalized spacial score (nSPS) is 9.50. The van der Waals surface area contributed by atoms with Gasteiger partial charge < -0.3 is 4.74 Å². The quantitative estimate of drug-likeness (QED) is 0.451. The van der Waals surface area contributed by atoms with Crippen molar-refractivity contribution in [2.75, 3.05) is 7.11 Å². The molecule has 0 atom stereocenters. The van der Waals surface area contributed by atoms with Crippen LogP contribution in [-0.4, -0.2) is 13.1 Å². The third-order valence-corrected chi connectivity index (χ3v) is 2.50. The fraction of sp³-hybridized carbons (Fsp3) is 0.125. The average molecular weight is 200 g/mol. The Bertz CT molecular complexity index is 269. The van der Waals surface area contributed by atoms with E-state index in [0.29, 0.717) is 5.56 Å². The summed E-state index contributed by atoms with van der Waals surface area (Å²) < 4.78 is 4.54. The first kappa shape index (κ1) is 9.48. The second-order valence-corrected chi connectivity index (χ2v) is 3.31. The molecule has 1 aromatic carbocycles. The van der Waals surface area contributed by atoms with E-state index >= 15 is 0 Å². The molecule has 0 fully saturated rings. The van der Waals surface area contributed by atoms with Gasteiger partial charge in [0.2, 0.25) is 0 Å². The molecule has 0 N–H and O–H groups in total. The maximum atomic E-state index is 11.0. The molecule has 1 rings (SSSR count). The second kappa shape index (κ2) is 4.42. The molecule has 64 valence electrons. The summed E-state index contributed by atoms with van der Waals surface area (Å²) in [6, 6.07) is 7.07. The summed E-state index contributed by atoms with van der Waals surface area (Å²) in [5.41, 5.74) is 0.559. The molecular formula is C8H8O2S2. The molecule has 0 radical (unpaired) electrons. The molecule has 0 aliphatic heterocycles. The van der Waals surface area contributed by atoms with Crippen molar-refractivity contribution in [3.8, 4) is 0 Å². The predicted octanol–water partition coefficient (Wildman–Crippen LogP) is 2.41. The minimum atomic E-state index is -0.314. The van der Waals surface area contributed by atoms with Crippen LogP contribution < -0.4 is 0 Å². The molecule has 4 heteroatoms. The Kier molecular flexibility index (Phi) is 3.49. The molecule has 0 aliphatic rings. The molecule has 0 amide bonds. The van der Waals surface area contributed by atoms with Crippen molar-refractivity contribution in [1.29, 1.82) is 0 Å². The molecule has 1 aromatic rings. The van der Waals surface area contributed by atoms with Gasteiger partial charge in [0.25, 0.3) is 0 Å². The summed E-state index contributed by atoms with van der Waals surface area (Å²) in [4.78, 5) is 12.0. The van der Waals surface area contributed by atoms with Crippen molar-refractivity contribution in [1.82, 2.24) is 0 Å². The van der Waals surface area contributed by atoms with Crippen LogP contribution in [0.1, 0.15) is 10.4 Å². The molecule has 0 aromatic heterocycles. The number of hydrogen-bond donors (Lipinski definition) is 1. The van der Waals surface area contributed by atoms with Gasteiger partial charge in [-0.1, -0.05) is 10.8 Å². The zero-order chi connectivity index (χ0) is 8.97. The van der Waals surface area contributed by atoms with E-state index in [1.165, 1.54) is 17.9 Å². The van der Waals surface area contributed by atoms with Crippen molar-refractivity contribution >= 4 is 28.4 Å². The van der Waals surface area contributed by atoms with Crippen LogP contribution in [0.3, 0.4) is 0 Å². The van der Waals surface area contributed by atoms with E-state index in [1.807, 2.05) is 12.1 Å². The lowest BCUT2D eigenvalue weighted by Gasteiger charge is -1.98.